The van der Waals surface area contributed by atoms with Crippen molar-refractivity contribution >= 4 is 22.9 Å². The van der Waals surface area contributed by atoms with Crippen LogP contribution in [0.3, 0.4) is 0 Å². The molecule has 1 N–H and O–H groups in total. The van der Waals surface area contributed by atoms with E-state index in [9.17, 15) is 4.79 Å². The van der Waals surface area contributed by atoms with Crippen molar-refractivity contribution in [3.63, 3.8) is 0 Å². The Morgan fingerprint density at radius 3 is 2.70 bits per heavy atom. The van der Waals surface area contributed by atoms with E-state index in [0.29, 0.717) is 18.0 Å². The monoisotopic (exact) mass is 364 g/mol. The third-order valence-electron chi connectivity index (χ3n) is 4.39. The first kappa shape index (κ1) is 18.6. The van der Waals surface area contributed by atoms with Gasteiger partial charge in [-0.25, -0.2) is 0 Å². The summed E-state index contributed by atoms with van der Waals surface area (Å²) in [5.41, 5.74) is 2.10. The predicted octanol–water partition coefficient (Wildman–Crippen LogP) is 3.88. The molecule has 3 rings (SSSR count). The number of carbonyl (C=O) groups excluding carboxylic acids is 1. The van der Waals surface area contributed by atoms with Gasteiger partial charge in [0.25, 0.3) is 0 Å². The molecule has 0 bridgehead atoms. The summed E-state index contributed by atoms with van der Waals surface area (Å²) in [6.07, 6.45) is 6.25. The summed E-state index contributed by atoms with van der Waals surface area (Å²) in [7, 11) is 3.18. The number of methoxy groups -OCH3 is 2. The Labute approximate surface area is 159 Å². The summed E-state index contributed by atoms with van der Waals surface area (Å²) in [5, 5.41) is 4.16. The number of nitrogens with zero attached hydrogens (tertiary/aromatic N) is 1. The van der Waals surface area contributed by atoms with Crippen molar-refractivity contribution in [1.29, 1.82) is 0 Å². The highest BCUT2D eigenvalue weighted by atomic mass is 16.5. The van der Waals surface area contributed by atoms with E-state index >= 15 is 0 Å². The SMILES string of the molecule is COc1ccc(/C=C/C(=O)NCCCn2ccc3ccccc32)cc1OC. The minimum absolute atomic E-state index is 0.109. The number of ether oxygens (including phenoxy) is 2. The van der Waals surface area contributed by atoms with Gasteiger partial charge in [0.15, 0.2) is 11.5 Å². The van der Waals surface area contributed by atoms with Crippen molar-refractivity contribution in [1.82, 2.24) is 9.88 Å². The molecule has 0 unspecified atom stereocenters. The van der Waals surface area contributed by atoms with Crippen LogP contribution < -0.4 is 14.8 Å². The van der Waals surface area contributed by atoms with Gasteiger partial charge in [-0.3, -0.25) is 4.79 Å². The van der Waals surface area contributed by atoms with Crippen molar-refractivity contribution in [3.05, 3.63) is 66.4 Å². The Balaban J connectivity index is 1.47. The van der Waals surface area contributed by atoms with Gasteiger partial charge in [0.2, 0.25) is 5.91 Å². The first-order valence-corrected chi connectivity index (χ1v) is 8.93. The number of amides is 1. The number of fused-ring (bicyclic) bond motifs is 1. The topological polar surface area (TPSA) is 52.5 Å². The molecule has 2 aromatic carbocycles. The fraction of sp³-hybridized carbons (Fsp3) is 0.227. The van der Waals surface area contributed by atoms with Gasteiger partial charge in [-0.1, -0.05) is 24.3 Å². The maximum absolute atomic E-state index is 12.0. The second-order valence-corrected chi connectivity index (χ2v) is 6.16. The fourth-order valence-corrected chi connectivity index (χ4v) is 2.98. The molecule has 1 aromatic heterocycles. The Kier molecular flexibility index (Phi) is 6.15. The molecule has 27 heavy (non-hydrogen) atoms. The highest BCUT2D eigenvalue weighted by Crippen LogP contribution is 2.27. The minimum Gasteiger partial charge on any atom is -0.493 e. The lowest BCUT2D eigenvalue weighted by molar-refractivity contribution is -0.116. The number of nitrogens with one attached hydrogen (secondary N) is 1. The molecule has 0 saturated carbocycles. The molecule has 1 heterocycles. The number of aryl methyl sites for hydroxylation is 1. The third kappa shape index (κ3) is 4.70. The van der Waals surface area contributed by atoms with Gasteiger partial charge >= 0.3 is 0 Å². The van der Waals surface area contributed by atoms with Crippen LogP contribution >= 0.6 is 0 Å². The number of aromatic nitrogens is 1. The molecule has 5 nitrogen and oxygen atoms in total. The second-order valence-electron chi connectivity index (χ2n) is 6.16. The third-order valence-corrected chi connectivity index (χ3v) is 4.39. The summed E-state index contributed by atoms with van der Waals surface area (Å²) in [6, 6.07) is 15.9. The number of para-hydroxylation sites is 1. The van der Waals surface area contributed by atoms with E-state index in [-0.39, 0.29) is 5.91 Å². The van der Waals surface area contributed by atoms with Crippen LogP contribution in [0.15, 0.2) is 60.8 Å². The number of hydrogen-bond acceptors (Lipinski definition) is 3. The van der Waals surface area contributed by atoms with Gasteiger partial charge in [-0.15, -0.1) is 0 Å². The molecule has 3 aromatic rings. The van der Waals surface area contributed by atoms with Crippen LogP contribution in [0.5, 0.6) is 11.5 Å². The van der Waals surface area contributed by atoms with E-state index in [1.807, 2.05) is 30.3 Å². The zero-order valence-corrected chi connectivity index (χ0v) is 15.6. The first-order chi connectivity index (χ1) is 13.2. The Morgan fingerprint density at radius 2 is 1.89 bits per heavy atom. The average molecular weight is 364 g/mol. The molecule has 5 heteroatoms. The summed E-state index contributed by atoms with van der Waals surface area (Å²) in [6.45, 7) is 1.49. The van der Waals surface area contributed by atoms with E-state index in [0.717, 1.165) is 18.5 Å². The van der Waals surface area contributed by atoms with Gasteiger partial charge in [-0.05, 0) is 47.7 Å². The summed E-state index contributed by atoms with van der Waals surface area (Å²) in [5.74, 6) is 1.19. The van der Waals surface area contributed by atoms with Crippen LogP contribution in [-0.4, -0.2) is 31.2 Å². The predicted molar refractivity (Wildman–Crippen MR) is 108 cm³/mol. The van der Waals surface area contributed by atoms with Crippen molar-refractivity contribution in [2.75, 3.05) is 20.8 Å². The molecule has 0 aliphatic rings. The average Bonchev–Trinajstić information content (AvgIpc) is 3.12. The molecule has 0 atom stereocenters. The van der Waals surface area contributed by atoms with Crippen LogP contribution in [0.1, 0.15) is 12.0 Å². The van der Waals surface area contributed by atoms with Crippen LogP contribution in [0.25, 0.3) is 17.0 Å². The normalized spacial score (nSPS) is 11.0. The lowest BCUT2D eigenvalue weighted by Gasteiger charge is -2.08. The van der Waals surface area contributed by atoms with Crippen molar-refractivity contribution < 1.29 is 14.3 Å². The van der Waals surface area contributed by atoms with Crippen molar-refractivity contribution in [2.24, 2.45) is 0 Å². The van der Waals surface area contributed by atoms with E-state index in [2.05, 4.69) is 34.3 Å². The lowest BCUT2D eigenvalue weighted by atomic mass is 10.2. The Morgan fingerprint density at radius 1 is 1.07 bits per heavy atom. The smallest absolute Gasteiger partial charge is 0.244 e. The van der Waals surface area contributed by atoms with Gasteiger partial charge in [0.1, 0.15) is 0 Å². The van der Waals surface area contributed by atoms with Gasteiger partial charge in [-0.2, -0.15) is 0 Å². The van der Waals surface area contributed by atoms with Crippen LogP contribution in [0.2, 0.25) is 0 Å². The van der Waals surface area contributed by atoms with Gasteiger partial charge < -0.3 is 19.4 Å². The zero-order valence-electron chi connectivity index (χ0n) is 15.6. The maximum atomic E-state index is 12.0. The number of rotatable bonds is 8. The number of hydrogen-bond donors (Lipinski definition) is 1. The standard InChI is InChI=1S/C22H24N2O3/c1-26-20-10-8-17(16-21(20)27-2)9-11-22(25)23-13-5-14-24-15-12-18-6-3-4-7-19(18)24/h3-4,6-12,15-16H,5,13-14H2,1-2H3,(H,23,25)/b11-9+. The highest BCUT2D eigenvalue weighted by molar-refractivity contribution is 5.91. The quantitative estimate of drug-likeness (QED) is 0.487. The molecule has 1 amide bonds. The second kappa shape index (κ2) is 8.94. The van der Waals surface area contributed by atoms with Crippen LogP contribution in [-0.2, 0) is 11.3 Å². The van der Waals surface area contributed by atoms with E-state index in [4.69, 9.17) is 9.47 Å². The molecule has 0 aliphatic carbocycles. The van der Waals surface area contributed by atoms with E-state index < -0.39 is 0 Å². The summed E-state index contributed by atoms with van der Waals surface area (Å²) in [4.78, 5) is 12.0. The van der Waals surface area contributed by atoms with Gasteiger partial charge in [0, 0.05) is 30.9 Å². The molecule has 0 saturated heterocycles. The van der Waals surface area contributed by atoms with Crippen molar-refractivity contribution in [2.45, 2.75) is 13.0 Å². The van der Waals surface area contributed by atoms with Crippen LogP contribution in [0.4, 0.5) is 0 Å². The lowest BCUT2D eigenvalue weighted by Crippen LogP contribution is -2.23. The molecule has 0 radical (unpaired) electrons. The van der Waals surface area contributed by atoms with E-state index in [1.165, 1.54) is 17.0 Å². The Hall–Kier alpha value is -3.21. The minimum atomic E-state index is -0.109. The zero-order chi connectivity index (χ0) is 19.1. The summed E-state index contributed by atoms with van der Waals surface area (Å²) >= 11 is 0. The van der Waals surface area contributed by atoms with Crippen LogP contribution in [0, 0.1) is 0 Å². The molecular weight excluding hydrogens is 340 g/mol. The maximum Gasteiger partial charge on any atom is 0.244 e. The first-order valence-electron chi connectivity index (χ1n) is 8.93. The molecule has 140 valence electrons. The molecule has 0 spiro atoms. The largest absolute Gasteiger partial charge is 0.493 e. The fourth-order valence-electron chi connectivity index (χ4n) is 2.98. The van der Waals surface area contributed by atoms with Crippen molar-refractivity contribution in [3.8, 4) is 11.5 Å². The molecule has 0 fully saturated rings. The Bertz CT molecular complexity index is 944. The highest BCUT2D eigenvalue weighted by Gasteiger charge is 2.03. The molecule has 0 aliphatic heterocycles. The van der Waals surface area contributed by atoms with E-state index in [1.54, 1.807) is 20.3 Å². The molecular formula is C22H24N2O3. The van der Waals surface area contributed by atoms with Gasteiger partial charge in [0.05, 0.1) is 14.2 Å². The number of carbonyl (C=O) groups is 1. The number of benzene rings is 2. The summed E-state index contributed by atoms with van der Waals surface area (Å²) < 4.78 is 12.7.